The molecule has 170 valence electrons. The van der Waals surface area contributed by atoms with Gasteiger partial charge < -0.3 is 21.7 Å². The van der Waals surface area contributed by atoms with Gasteiger partial charge in [-0.25, -0.2) is 0 Å². The van der Waals surface area contributed by atoms with Crippen molar-refractivity contribution in [3.05, 3.63) is 0 Å². The van der Waals surface area contributed by atoms with Crippen molar-refractivity contribution in [1.82, 2.24) is 10.2 Å². The molecule has 2 rings (SSSR count). The average Bonchev–Trinajstić information content (AvgIpc) is 2.89. The van der Waals surface area contributed by atoms with Crippen LogP contribution >= 0.6 is 0 Å². The first-order valence-electron chi connectivity index (χ1n) is 9.59. The number of nitrogens with two attached hydrogens (primary N) is 2. The maximum absolute atomic E-state index is 13.3. The molecule has 0 spiro atoms. The van der Waals surface area contributed by atoms with Gasteiger partial charge in [-0.1, -0.05) is 41.5 Å². The molecule has 1 aliphatic carbocycles. The fourth-order valence-corrected chi connectivity index (χ4v) is 5.39. The maximum atomic E-state index is 13.3. The summed E-state index contributed by atoms with van der Waals surface area (Å²) in [5, 5.41) is 1.75. The SMILES string of the molecule is C[C@H](C(N)=O)C12C(C(N)=O)N(C(=O)[C@@H](NC(=O)C(F)(F)F)C(C)(C)C)CC1C2(C)C. The minimum absolute atomic E-state index is 0.0194. The smallest absolute Gasteiger partial charge is 0.369 e. The van der Waals surface area contributed by atoms with Crippen LogP contribution < -0.4 is 16.8 Å². The summed E-state index contributed by atoms with van der Waals surface area (Å²) >= 11 is 0. The first-order chi connectivity index (χ1) is 13.3. The molecule has 1 saturated heterocycles. The first-order valence-corrected chi connectivity index (χ1v) is 9.59. The molecule has 11 heteroatoms. The highest BCUT2D eigenvalue weighted by Gasteiger charge is 2.83. The summed E-state index contributed by atoms with van der Waals surface area (Å²) in [7, 11) is 0. The molecule has 5 N–H and O–H groups in total. The summed E-state index contributed by atoms with van der Waals surface area (Å²) in [6, 6.07) is -2.80. The summed E-state index contributed by atoms with van der Waals surface area (Å²) in [6.07, 6.45) is -5.18. The first kappa shape index (κ1) is 23.9. The Balaban J connectivity index is 2.47. The molecule has 0 bridgehead atoms. The highest BCUT2D eigenvalue weighted by Crippen LogP contribution is 2.78. The van der Waals surface area contributed by atoms with Crippen LogP contribution in [0.3, 0.4) is 0 Å². The largest absolute Gasteiger partial charge is 0.471 e. The fourth-order valence-electron chi connectivity index (χ4n) is 5.39. The second-order valence-electron chi connectivity index (χ2n) is 9.90. The number of amides is 4. The van der Waals surface area contributed by atoms with E-state index in [0.717, 1.165) is 4.90 Å². The van der Waals surface area contributed by atoms with Gasteiger partial charge in [-0.2, -0.15) is 13.2 Å². The van der Waals surface area contributed by atoms with E-state index < -0.39 is 64.1 Å². The second kappa shape index (κ2) is 6.84. The zero-order valence-corrected chi connectivity index (χ0v) is 17.9. The molecule has 8 nitrogen and oxygen atoms in total. The van der Waals surface area contributed by atoms with Crippen LogP contribution in [-0.4, -0.2) is 53.3 Å². The standard InChI is InChI=1S/C19H29F3N4O4/c1-8(12(23)27)18-9(17(18,5)6)7-26(11(18)13(24)28)14(29)10(16(2,3)4)25-15(30)19(20,21)22/h8-11H,7H2,1-6H3,(H2,23,27)(H2,24,28)(H,25,30)/t8-,9?,10-,11?,18?/m1/s1. The lowest BCUT2D eigenvalue weighted by atomic mass is 9.76. The van der Waals surface area contributed by atoms with Gasteiger partial charge in [-0.3, -0.25) is 19.2 Å². The van der Waals surface area contributed by atoms with Crippen molar-refractivity contribution in [1.29, 1.82) is 0 Å². The number of piperidine rings is 1. The van der Waals surface area contributed by atoms with E-state index in [1.54, 1.807) is 12.2 Å². The molecule has 2 aliphatic rings. The molecule has 1 aliphatic heterocycles. The Morgan fingerprint density at radius 2 is 1.60 bits per heavy atom. The Bertz CT molecular complexity index is 790. The number of carbonyl (C=O) groups excluding carboxylic acids is 4. The molecule has 0 aromatic rings. The van der Waals surface area contributed by atoms with Crippen molar-refractivity contribution in [2.45, 2.75) is 59.8 Å². The van der Waals surface area contributed by atoms with Crippen LogP contribution in [0.1, 0.15) is 41.5 Å². The summed E-state index contributed by atoms with van der Waals surface area (Å²) in [6.45, 7) is 9.73. The lowest BCUT2D eigenvalue weighted by molar-refractivity contribution is -0.176. The van der Waals surface area contributed by atoms with Crippen LogP contribution in [-0.2, 0) is 19.2 Å². The van der Waals surface area contributed by atoms with Crippen molar-refractivity contribution in [2.75, 3.05) is 6.54 Å². The molecule has 0 aromatic heterocycles. The number of hydrogen-bond donors (Lipinski definition) is 3. The number of hydrogen-bond acceptors (Lipinski definition) is 4. The van der Waals surface area contributed by atoms with Crippen molar-refractivity contribution in [2.24, 2.45) is 39.5 Å². The van der Waals surface area contributed by atoms with E-state index in [2.05, 4.69) is 0 Å². The van der Waals surface area contributed by atoms with Gasteiger partial charge in [0.1, 0.15) is 12.1 Å². The minimum Gasteiger partial charge on any atom is -0.369 e. The molecule has 5 atom stereocenters. The van der Waals surface area contributed by atoms with Crippen LogP contribution in [0.4, 0.5) is 13.2 Å². The van der Waals surface area contributed by atoms with Crippen LogP contribution in [0.5, 0.6) is 0 Å². The van der Waals surface area contributed by atoms with Crippen LogP contribution in [0.2, 0.25) is 0 Å². The number of alkyl halides is 3. The van der Waals surface area contributed by atoms with Crippen LogP contribution in [0.15, 0.2) is 0 Å². The molecule has 30 heavy (non-hydrogen) atoms. The molecule has 1 heterocycles. The predicted octanol–water partition coefficient (Wildman–Crippen LogP) is 0.540. The number of nitrogens with zero attached hydrogens (tertiary/aromatic N) is 1. The Labute approximate surface area is 172 Å². The van der Waals surface area contributed by atoms with Crippen LogP contribution in [0, 0.1) is 28.1 Å². The molecule has 3 unspecified atom stereocenters. The van der Waals surface area contributed by atoms with Gasteiger partial charge >= 0.3 is 12.1 Å². The zero-order chi connectivity index (χ0) is 23.6. The molecule has 1 saturated carbocycles. The van der Waals surface area contributed by atoms with Gasteiger partial charge in [0.05, 0.1) is 0 Å². The van der Waals surface area contributed by atoms with Crippen molar-refractivity contribution in [3.63, 3.8) is 0 Å². The maximum Gasteiger partial charge on any atom is 0.471 e. The summed E-state index contributed by atoms with van der Waals surface area (Å²) in [5.41, 5.74) is 8.47. The van der Waals surface area contributed by atoms with E-state index in [9.17, 15) is 32.3 Å². The summed E-state index contributed by atoms with van der Waals surface area (Å²) in [4.78, 5) is 50.4. The van der Waals surface area contributed by atoms with Crippen molar-refractivity contribution in [3.8, 4) is 0 Å². The Kier molecular flexibility index (Phi) is 5.46. The topological polar surface area (TPSA) is 136 Å². The van der Waals surface area contributed by atoms with Gasteiger partial charge in [0.25, 0.3) is 0 Å². The molecule has 0 radical (unpaired) electrons. The fraction of sp³-hybridized carbons (Fsp3) is 0.789. The van der Waals surface area contributed by atoms with Gasteiger partial charge in [0.2, 0.25) is 17.7 Å². The van der Waals surface area contributed by atoms with E-state index in [1.807, 2.05) is 13.8 Å². The number of primary amides is 2. The van der Waals surface area contributed by atoms with Gasteiger partial charge in [0.15, 0.2) is 0 Å². The van der Waals surface area contributed by atoms with Gasteiger partial charge in [0, 0.05) is 17.9 Å². The van der Waals surface area contributed by atoms with Crippen LogP contribution in [0.25, 0.3) is 0 Å². The highest BCUT2D eigenvalue weighted by molar-refractivity contribution is 5.95. The number of fused-ring (bicyclic) bond motifs is 1. The number of nitrogens with one attached hydrogen (secondary N) is 1. The number of likely N-dealkylation sites (tertiary alicyclic amines) is 1. The van der Waals surface area contributed by atoms with E-state index in [1.165, 1.54) is 20.8 Å². The Morgan fingerprint density at radius 3 is 1.97 bits per heavy atom. The van der Waals surface area contributed by atoms with Crippen molar-refractivity contribution < 1.29 is 32.3 Å². The third-order valence-electron chi connectivity index (χ3n) is 6.97. The Morgan fingerprint density at radius 1 is 1.10 bits per heavy atom. The number of carbonyl (C=O) groups is 4. The molecule has 2 fully saturated rings. The third kappa shape index (κ3) is 3.31. The predicted molar refractivity (Wildman–Crippen MR) is 100 cm³/mol. The minimum atomic E-state index is -5.18. The molecule has 4 amide bonds. The summed E-state index contributed by atoms with van der Waals surface area (Å²) in [5.74, 6) is -5.75. The highest BCUT2D eigenvalue weighted by atomic mass is 19.4. The third-order valence-corrected chi connectivity index (χ3v) is 6.97. The normalized spacial score (nSPS) is 29.6. The van der Waals surface area contributed by atoms with E-state index in [0.29, 0.717) is 0 Å². The van der Waals surface area contributed by atoms with Gasteiger partial charge in [-0.05, 0) is 16.7 Å². The Hall–Kier alpha value is -2.33. The summed E-state index contributed by atoms with van der Waals surface area (Å²) < 4.78 is 38.4. The number of halogens is 3. The average molecular weight is 434 g/mol. The molecular weight excluding hydrogens is 405 g/mol. The van der Waals surface area contributed by atoms with Crippen molar-refractivity contribution >= 4 is 23.6 Å². The monoisotopic (exact) mass is 434 g/mol. The number of rotatable bonds is 5. The zero-order valence-electron chi connectivity index (χ0n) is 17.9. The lowest BCUT2D eigenvalue weighted by Crippen LogP contribution is -2.62. The van der Waals surface area contributed by atoms with Gasteiger partial charge in [-0.15, -0.1) is 0 Å². The molecular formula is C19H29F3N4O4. The lowest BCUT2D eigenvalue weighted by Gasteiger charge is -2.40. The second-order valence-corrected chi connectivity index (χ2v) is 9.90. The molecule has 0 aromatic carbocycles. The van der Waals surface area contributed by atoms with E-state index in [4.69, 9.17) is 11.5 Å². The van der Waals surface area contributed by atoms with E-state index >= 15 is 0 Å². The van der Waals surface area contributed by atoms with E-state index in [-0.39, 0.29) is 12.5 Å². The quantitative estimate of drug-likeness (QED) is 0.582.